The van der Waals surface area contributed by atoms with E-state index < -0.39 is 10.0 Å². The number of ether oxygens (including phenoxy) is 1. The van der Waals surface area contributed by atoms with Gasteiger partial charge in [0, 0.05) is 23.3 Å². The number of thiophene rings is 1. The molecule has 0 aliphatic carbocycles. The maximum Gasteiger partial charge on any atom is 0.240 e. The molecule has 0 amide bonds. The first-order valence-electron chi connectivity index (χ1n) is 12.6. The van der Waals surface area contributed by atoms with Crippen molar-refractivity contribution in [2.24, 2.45) is 0 Å². The van der Waals surface area contributed by atoms with E-state index in [1.165, 1.54) is 33.0 Å². The molecule has 0 saturated carbocycles. The summed E-state index contributed by atoms with van der Waals surface area (Å²) in [5, 5.41) is 3.28. The number of anilines is 2. The molecule has 198 valence electrons. The molecule has 0 radical (unpaired) electrons. The van der Waals surface area contributed by atoms with Gasteiger partial charge in [-0.15, -0.1) is 11.3 Å². The Labute approximate surface area is 227 Å². The van der Waals surface area contributed by atoms with Crippen LogP contribution in [0.1, 0.15) is 18.4 Å². The Morgan fingerprint density at radius 1 is 1.03 bits per heavy atom. The minimum atomic E-state index is -3.51. The van der Waals surface area contributed by atoms with E-state index in [1.54, 1.807) is 35.7 Å². The van der Waals surface area contributed by atoms with Gasteiger partial charge in [0.1, 0.15) is 12.4 Å². The van der Waals surface area contributed by atoms with Gasteiger partial charge in [-0.3, -0.25) is 4.90 Å². The van der Waals surface area contributed by atoms with Gasteiger partial charge in [-0.1, -0.05) is 12.1 Å². The van der Waals surface area contributed by atoms with Gasteiger partial charge in [-0.2, -0.15) is 0 Å². The molecule has 2 aromatic heterocycles. The van der Waals surface area contributed by atoms with Gasteiger partial charge in [-0.25, -0.2) is 23.1 Å². The van der Waals surface area contributed by atoms with Crippen molar-refractivity contribution in [1.82, 2.24) is 19.6 Å². The highest BCUT2D eigenvalue weighted by molar-refractivity contribution is 7.89. The summed E-state index contributed by atoms with van der Waals surface area (Å²) in [4.78, 5) is 13.8. The molecule has 38 heavy (non-hydrogen) atoms. The minimum Gasteiger partial charge on any atom is -0.492 e. The van der Waals surface area contributed by atoms with Crippen LogP contribution in [0, 0.1) is 6.92 Å². The molecule has 0 spiro atoms. The predicted octanol–water partition coefficient (Wildman–Crippen LogP) is 5.31. The number of nitrogens with one attached hydrogen (secondary N) is 2. The lowest BCUT2D eigenvalue weighted by Crippen LogP contribution is -2.25. The number of rotatable bonds is 10. The summed E-state index contributed by atoms with van der Waals surface area (Å²) in [5.41, 5.74) is 3.50. The largest absolute Gasteiger partial charge is 0.492 e. The average molecular weight is 550 g/mol. The lowest BCUT2D eigenvalue weighted by atomic mass is 10.2. The van der Waals surface area contributed by atoms with E-state index in [2.05, 4.69) is 19.9 Å². The Bertz CT molecular complexity index is 1500. The van der Waals surface area contributed by atoms with E-state index in [0.717, 1.165) is 44.6 Å². The van der Waals surface area contributed by atoms with Gasteiger partial charge < -0.3 is 10.1 Å². The topological polar surface area (TPSA) is 96.5 Å². The van der Waals surface area contributed by atoms with Crippen LogP contribution in [-0.4, -0.2) is 56.6 Å². The number of aryl methyl sites for hydroxylation is 1. The van der Waals surface area contributed by atoms with Gasteiger partial charge in [-0.05, 0) is 99.6 Å². The summed E-state index contributed by atoms with van der Waals surface area (Å²) >= 11 is 1.56. The summed E-state index contributed by atoms with van der Waals surface area (Å²) in [7, 11) is -2.10. The number of aromatic nitrogens is 2. The molecule has 1 fully saturated rings. The fraction of sp³-hybridized carbons (Fsp3) is 0.286. The SMILES string of the molecule is CNS(=O)(=O)c1cccc(-c2ccc(-c3nc(Nc4ccc(OCCN5CCCC5)cc4)ncc3C)s2)c1. The molecular formula is C28H31N5O3S2. The van der Waals surface area contributed by atoms with Gasteiger partial charge in [0.25, 0.3) is 0 Å². The van der Waals surface area contributed by atoms with Gasteiger partial charge in [0.15, 0.2) is 0 Å². The first-order valence-corrected chi connectivity index (χ1v) is 14.9. The van der Waals surface area contributed by atoms with Crippen LogP contribution in [0.15, 0.2) is 71.8 Å². The Morgan fingerprint density at radius 3 is 2.55 bits per heavy atom. The van der Waals surface area contributed by atoms with Crippen LogP contribution < -0.4 is 14.8 Å². The predicted molar refractivity (Wildman–Crippen MR) is 153 cm³/mol. The highest BCUT2D eigenvalue weighted by atomic mass is 32.2. The highest BCUT2D eigenvalue weighted by Crippen LogP contribution is 2.36. The molecule has 2 aromatic carbocycles. The van der Waals surface area contributed by atoms with Crippen molar-refractivity contribution in [1.29, 1.82) is 0 Å². The molecule has 2 N–H and O–H groups in total. The molecule has 8 nitrogen and oxygen atoms in total. The van der Waals surface area contributed by atoms with E-state index >= 15 is 0 Å². The van der Waals surface area contributed by atoms with Gasteiger partial charge >= 0.3 is 0 Å². The first-order chi connectivity index (χ1) is 18.4. The molecular weight excluding hydrogens is 518 g/mol. The zero-order valence-electron chi connectivity index (χ0n) is 21.5. The maximum atomic E-state index is 12.2. The fourth-order valence-electron chi connectivity index (χ4n) is 4.37. The summed E-state index contributed by atoms with van der Waals surface area (Å²) in [5.74, 6) is 1.35. The molecule has 0 unspecified atom stereocenters. The van der Waals surface area contributed by atoms with Crippen molar-refractivity contribution in [2.45, 2.75) is 24.7 Å². The third-order valence-electron chi connectivity index (χ3n) is 6.49. The number of nitrogens with zero attached hydrogens (tertiary/aromatic N) is 3. The van der Waals surface area contributed by atoms with E-state index in [9.17, 15) is 8.42 Å². The lowest BCUT2D eigenvalue weighted by Gasteiger charge is -2.15. The maximum absolute atomic E-state index is 12.2. The summed E-state index contributed by atoms with van der Waals surface area (Å²) < 4.78 is 32.7. The Balaban J connectivity index is 1.27. The second kappa shape index (κ2) is 11.6. The van der Waals surface area contributed by atoms with Crippen molar-refractivity contribution in [2.75, 3.05) is 38.6 Å². The normalized spacial score (nSPS) is 14.1. The van der Waals surface area contributed by atoms with Crippen LogP contribution in [0.3, 0.4) is 0 Å². The third-order valence-corrected chi connectivity index (χ3v) is 9.05. The number of benzene rings is 2. The van der Waals surface area contributed by atoms with Crippen LogP contribution in [-0.2, 0) is 10.0 Å². The van der Waals surface area contributed by atoms with E-state index in [1.807, 2.05) is 49.4 Å². The van der Waals surface area contributed by atoms with Crippen LogP contribution >= 0.6 is 11.3 Å². The molecule has 1 aliphatic heterocycles. The van der Waals surface area contributed by atoms with Gasteiger partial charge in [0.05, 0.1) is 15.5 Å². The molecule has 4 aromatic rings. The lowest BCUT2D eigenvalue weighted by molar-refractivity contribution is 0.238. The molecule has 1 aliphatic rings. The smallest absolute Gasteiger partial charge is 0.240 e. The first kappa shape index (κ1) is 26.3. The molecule has 3 heterocycles. The van der Waals surface area contributed by atoms with Crippen LogP contribution in [0.25, 0.3) is 21.0 Å². The van der Waals surface area contributed by atoms with Crippen LogP contribution in [0.2, 0.25) is 0 Å². The highest BCUT2D eigenvalue weighted by Gasteiger charge is 2.15. The Morgan fingerprint density at radius 2 is 1.79 bits per heavy atom. The quantitative estimate of drug-likeness (QED) is 0.277. The average Bonchev–Trinajstić information content (AvgIpc) is 3.64. The molecule has 0 atom stereocenters. The van der Waals surface area contributed by atoms with Gasteiger partial charge in [0.2, 0.25) is 16.0 Å². The van der Waals surface area contributed by atoms with Crippen molar-refractivity contribution < 1.29 is 13.2 Å². The summed E-state index contributed by atoms with van der Waals surface area (Å²) in [6.07, 6.45) is 4.38. The van der Waals surface area contributed by atoms with Crippen LogP contribution in [0.5, 0.6) is 5.75 Å². The van der Waals surface area contributed by atoms with E-state index in [-0.39, 0.29) is 4.90 Å². The van der Waals surface area contributed by atoms with E-state index in [4.69, 9.17) is 9.72 Å². The van der Waals surface area contributed by atoms with E-state index in [0.29, 0.717) is 12.6 Å². The second-order valence-electron chi connectivity index (χ2n) is 9.17. The summed E-state index contributed by atoms with van der Waals surface area (Å²) in [6, 6.07) is 18.8. The number of sulfonamides is 1. The zero-order chi connectivity index (χ0) is 26.5. The molecule has 0 bridgehead atoms. The molecule has 5 rings (SSSR count). The Hall–Kier alpha value is -3.31. The summed E-state index contributed by atoms with van der Waals surface area (Å²) in [6.45, 7) is 5.98. The van der Waals surface area contributed by atoms with Crippen molar-refractivity contribution >= 4 is 33.0 Å². The van der Waals surface area contributed by atoms with Crippen molar-refractivity contribution in [3.05, 3.63) is 72.4 Å². The standard InChI is InChI=1S/C28H31N5O3S2/c1-20-19-30-28(31-22-8-10-23(11-9-22)36-17-16-33-14-3-4-15-33)32-27(20)26-13-12-25(37-26)21-6-5-7-24(18-21)38(34,35)29-2/h5-13,18-19,29H,3-4,14-17H2,1-2H3,(H,30,31,32). The number of likely N-dealkylation sites (tertiary alicyclic amines) is 1. The zero-order valence-corrected chi connectivity index (χ0v) is 23.1. The van der Waals surface area contributed by atoms with Crippen LogP contribution in [0.4, 0.5) is 11.6 Å². The number of hydrogen-bond donors (Lipinski definition) is 2. The van der Waals surface area contributed by atoms with Crippen molar-refractivity contribution in [3.63, 3.8) is 0 Å². The monoisotopic (exact) mass is 549 g/mol. The minimum absolute atomic E-state index is 0.236. The Kier molecular flexibility index (Phi) is 8.04. The third kappa shape index (κ3) is 6.21. The molecule has 1 saturated heterocycles. The van der Waals surface area contributed by atoms with Crippen molar-refractivity contribution in [3.8, 4) is 26.8 Å². The molecule has 10 heteroatoms. The number of hydrogen-bond acceptors (Lipinski definition) is 8. The fourth-order valence-corrected chi connectivity index (χ4v) is 6.20. The second-order valence-corrected chi connectivity index (χ2v) is 12.1.